The molecule has 0 amide bonds. The Bertz CT molecular complexity index is 388. The molecule has 2 fully saturated rings. The van der Waals surface area contributed by atoms with Gasteiger partial charge in [0.15, 0.2) is 0 Å². The topological polar surface area (TPSA) is 24.8 Å². The Kier molecular flexibility index (Phi) is 3.78. The van der Waals surface area contributed by atoms with Gasteiger partial charge in [-0.3, -0.25) is 0 Å². The summed E-state index contributed by atoms with van der Waals surface area (Å²) in [6.45, 7) is 4.53. The molecule has 0 radical (unpaired) electrons. The molecular formula is C14H24BIN2O. The molecule has 3 aliphatic rings. The number of amidine groups is 1. The van der Waals surface area contributed by atoms with E-state index in [0.29, 0.717) is 27.6 Å². The van der Waals surface area contributed by atoms with Gasteiger partial charge in [0.2, 0.25) is 0 Å². The van der Waals surface area contributed by atoms with Crippen molar-refractivity contribution in [3.8, 4) is 0 Å². The van der Waals surface area contributed by atoms with Crippen LogP contribution in [0.15, 0.2) is 4.99 Å². The van der Waals surface area contributed by atoms with E-state index in [1.165, 1.54) is 25.7 Å². The SMILES string of the molecule is BC1(I)CCCCC2C(C1)OC1=NC(C)CC(C)N12. The highest BCUT2D eigenvalue weighted by molar-refractivity contribution is 14.1. The number of hydrogen-bond donors (Lipinski definition) is 0. The van der Waals surface area contributed by atoms with Crippen LogP contribution in [-0.2, 0) is 4.74 Å². The lowest BCUT2D eigenvalue weighted by Crippen LogP contribution is -2.47. The summed E-state index contributed by atoms with van der Waals surface area (Å²) in [5, 5.41) is 0. The molecule has 3 rings (SSSR count). The summed E-state index contributed by atoms with van der Waals surface area (Å²) in [5.41, 5.74) is 0. The minimum Gasteiger partial charge on any atom is -0.460 e. The van der Waals surface area contributed by atoms with Crippen LogP contribution < -0.4 is 0 Å². The Morgan fingerprint density at radius 1 is 1.42 bits per heavy atom. The van der Waals surface area contributed by atoms with Gasteiger partial charge in [-0.15, -0.1) is 0 Å². The molecule has 2 heterocycles. The van der Waals surface area contributed by atoms with Gasteiger partial charge in [-0.1, -0.05) is 35.4 Å². The van der Waals surface area contributed by atoms with Crippen LogP contribution in [-0.4, -0.2) is 46.3 Å². The third-order valence-electron chi connectivity index (χ3n) is 4.83. The predicted molar refractivity (Wildman–Crippen MR) is 89.9 cm³/mol. The highest BCUT2D eigenvalue weighted by atomic mass is 127. The van der Waals surface area contributed by atoms with Crippen molar-refractivity contribution in [2.24, 2.45) is 4.99 Å². The first kappa shape index (κ1) is 14.0. The van der Waals surface area contributed by atoms with Gasteiger partial charge in [-0.05, 0) is 42.9 Å². The third kappa shape index (κ3) is 2.76. The zero-order valence-electron chi connectivity index (χ0n) is 12.2. The summed E-state index contributed by atoms with van der Waals surface area (Å²) < 4.78 is 6.63. The van der Waals surface area contributed by atoms with E-state index in [-0.39, 0.29) is 0 Å². The van der Waals surface area contributed by atoms with Gasteiger partial charge < -0.3 is 9.64 Å². The Hall–Kier alpha value is 0.0649. The first-order chi connectivity index (χ1) is 8.96. The molecule has 0 N–H and O–H groups in total. The molecule has 5 unspecified atom stereocenters. The van der Waals surface area contributed by atoms with Crippen LogP contribution in [0.2, 0.25) is 0 Å². The molecule has 1 saturated carbocycles. The second-order valence-electron chi connectivity index (χ2n) is 6.84. The van der Waals surface area contributed by atoms with Gasteiger partial charge in [0.1, 0.15) is 14.0 Å². The van der Waals surface area contributed by atoms with Gasteiger partial charge >= 0.3 is 0 Å². The number of halogens is 1. The lowest BCUT2D eigenvalue weighted by molar-refractivity contribution is 0.147. The summed E-state index contributed by atoms with van der Waals surface area (Å²) in [5.74, 6) is 0. The monoisotopic (exact) mass is 374 g/mol. The zero-order chi connectivity index (χ0) is 13.6. The fourth-order valence-corrected chi connectivity index (χ4v) is 4.74. The van der Waals surface area contributed by atoms with Crippen LogP contribution in [0.25, 0.3) is 0 Å². The molecule has 1 saturated heterocycles. The first-order valence-electron chi connectivity index (χ1n) is 7.68. The minimum atomic E-state index is 0.355. The van der Waals surface area contributed by atoms with Crippen molar-refractivity contribution in [3.63, 3.8) is 0 Å². The Morgan fingerprint density at radius 2 is 2.21 bits per heavy atom. The van der Waals surface area contributed by atoms with E-state index >= 15 is 0 Å². The van der Waals surface area contributed by atoms with E-state index < -0.39 is 0 Å². The highest BCUT2D eigenvalue weighted by Gasteiger charge is 2.46. The molecule has 2 aliphatic heterocycles. The molecule has 0 aromatic heterocycles. The number of ether oxygens (including phenoxy) is 1. The standard InChI is InChI=1S/C14H24BIN2O/c1-9-7-10(2)18-11-5-3-4-6-14(15,16)8-12(11)19-13(18)17-9/h9-12H,3-8,15H2,1-2H3. The van der Waals surface area contributed by atoms with Crippen LogP contribution >= 0.6 is 22.6 Å². The maximum absolute atomic E-state index is 6.25. The number of rotatable bonds is 0. The zero-order valence-corrected chi connectivity index (χ0v) is 14.4. The number of nitrogens with zero attached hydrogens (tertiary/aromatic N) is 2. The van der Waals surface area contributed by atoms with E-state index in [4.69, 9.17) is 9.73 Å². The van der Waals surface area contributed by atoms with Crippen molar-refractivity contribution in [2.75, 3.05) is 0 Å². The second-order valence-corrected chi connectivity index (χ2v) is 9.44. The van der Waals surface area contributed by atoms with Crippen molar-refractivity contribution < 1.29 is 4.74 Å². The summed E-state index contributed by atoms with van der Waals surface area (Å²) in [6, 6.07) is 2.50. The molecule has 0 aromatic carbocycles. The van der Waals surface area contributed by atoms with Crippen molar-refractivity contribution in [1.29, 1.82) is 0 Å². The van der Waals surface area contributed by atoms with Crippen LogP contribution in [0.4, 0.5) is 0 Å². The van der Waals surface area contributed by atoms with Crippen LogP contribution in [0.5, 0.6) is 0 Å². The van der Waals surface area contributed by atoms with E-state index in [9.17, 15) is 0 Å². The van der Waals surface area contributed by atoms with Crippen LogP contribution in [0, 0.1) is 0 Å². The lowest BCUT2D eigenvalue weighted by Gasteiger charge is -2.37. The molecule has 0 bridgehead atoms. The smallest absolute Gasteiger partial charge is 0.288 e. The summed E-state index contributed by atoms with van der Waals surface area (Å²) in [7, 11) is 2.38. The Balaban J connectivity index is 1.86. The molecule has 3 nitrogen and oxygen atoms in total. The number of alkyl halides is 1. The van der Waals surface area contributed by atoms with E-state index in [1.807, 2.05) is 0 Å². The predicted octanol–water partition coefficient (Wildman–Crippen LogP) is 2.32. The molecule has 5 atom stereocenters. The Morgan fingerprint density at radius 3 is 3.00 bits per heavy atom. The second kappa shape index (κ2) is 5.12. The van der Waals surface area contributed by atoms with E-state index in [2.05, 4.69) is 49.2 Å². The molecule has 5 heteroatoms. The number of aliphatic imine (C=N–C) groups is 1. The van der Waals surface area contributed by atoms with Crippen molar-refractivity contribution in [2.45, 2.75) is 79.9 Å². The fourth-order valence-electron chi connectivity index (χ4n) is 3.93. The summed E-state index contributed by atoms with van der Waals surface area (Å²) in [6.07, 6.45) is 7.96. The average molecular weight is 374 g/mol. The van der Waals surface area contributed by atoms with E-state index in [1.54, 1.807) is 0 Å². The molecule has 0 aromatic rings. The van der Waals surface area contributed by atoms with Gasteiger partial charge in [-0.2, -0.15) is 0 Å². The quantitative estimate of drug-likeness (QED) is 0.370. The highest BCUT2D eigenvalue weighted by Crippen LogP contribution is 2.39. The van der Waals surface area contributed by atoms with Crippen LogP contribution in [0.3, 0.4) is 0 Å². The van der Waals surface area contributed by atoms with Crippen molar-refractivity contribution in [3.05, 3.63) is 0 Å². The van der Waals surface area contributed by atoms with Crippen molar-refractivity contribution in [1.82, 2.24) is 4.90 Å². The molecule has 1 aliphatic carbocycles. The normalized spacial score (nSPS) is 46.5. The Labute approximate surface area is 131 Å². The van der Waals surface area contributed by atoms with Crippen molar-refractivity contribution >= 4 is 36.5 Å². The first-order valence-corrected chi connectivity index (χ1v) is 8.76. The molecule has 0 spiro atoms. The molecule has 19 heavy (non-hydrogen) atoms. The lowest BCUT2D eigenvalue weighted by atomic mass is 9.75. The van der Waals surface area contributed by atoms with Gasteiger partial charge in [-0.25, -0.2) is 4.99 Å². The largest absolute Gasteiger partial charge is 0.460 e. The maximum Gasteiger partial charge on any atom is 0.288 e. The number of hydrogen-bond acceptors (Lipinski definition) is 3. The summed E-state index contributed by atoms with van der Waals surface area (Å²) >= 11 is 2.63. The fraction of sp³-hybridized carbons (Fsp3) is 0.929. The molecular weight excluding hydrogens is 350 g/mol. The third-order valence-corrected chi connectivity index (χ3v) is 5.81. The van der Waals surface area contributed by atoms with Crippen LogP contribution in [0.1, 0.15) is 52.4 Å². The molecule has 106 valence electrons. The summed E-state index contributed by atoms with van der Waals surface area (Å²) in [4.78, 5) is 7.23. The van der Waals surface area contributed by atoms with Gasteiger partial charge in [0, 0.05) is 6.04 Å². The average Bonchev–Trinajstić information content (AvgIpc) is 2.59. The maximum atomic E-state index is 6.25. The minimum absolute atomic E-state index is 0.355. The van der Waals surface area contributed by atoms with Gasteiger partial charge in [0.05, 0.1) is 12.1 Å². The van der Waals surface area contributed by atoms with E-state index in [0.717, 1.165) is 18.9 Å². The number of fused-ring (bicyclic) bond motifs is 3. The van der Waals surface area contributed by atoms with Gasteiger partial charge in [0.25, 0.3) is 6.02 Å².